The van der Waals surface area contributed by atoms with Crippen LogP contribution in [0.1, 0.15) is 16.7 Å². The van der Waals surface area contributed by atoms with E-state index in [1.54, 1.807) is 36.0 Å². The van der Waals surface area contributed by atoms with Crippen molar-refractivity contribution in [2.45, 2.75) is 24.5 Å². The van der Waals surface area contributed by atoms with Crippen LogP contribution in [0, 0.1) is 13.8 Å². The van der Waals surface area contributed by atoms with Crippen LogP contribution < -0.4 is 14.4 Å². The van der Waals surface area contributed by atoms with Crippen molar-refractivity contribution < 1.29 is 17.9 Å². The number of rotatable bonds is 11. The quantitative estimate of drug-likeness (QED) is 0.393. The molecule has 0 bridgehead atoms. The van der Waals surface area contributed by atoms with E-state index in [1.165, 1.54) is 30.4 Å². The van der Waals surface area contributed by atoms with Crippen LogP contribution in [0.5, 0.6) is 5.75 Å². The summed E-state index contributed by atoms with van der Waals surface area (Å²) in [5.41, 5.74) is 3.90. The molecular formula is C26H30N2O4S2. The van der Waals surface area contributed by atoms with Crippen molar-refractivity contribution in [1.29, 1.82) is 0 Å². The summed E-state index contributed by atoms with van der Waals surface area (Å²) in [4.78, 5) is 12.8. The number of methoxy groups -OCH3 is 1. The van der Waals surface area contributed by atoms with Gasteiger partial charge in [0.15, 0.2) is 0 Å². The first kappa shape index (κ1) is 25.6. The highest BCUT2D eigenvalue weighted by Crippen LogP contribution is 2.25. The third-order valence-electron chi connectivity index (χ3n) is 5.18. The van der Waals surface area contributed by atoms with Gasteiger partial charge < -0.3 is 10.1 Å². The maximum Gasteiger partial charge on any atom is 0.264 e. The van der Waals surface area contributed by atoms with Crippen LogP contribution in [-0.2, 0) is 20.6 Å². The number of anilines is 1. The fourth-order valence-electron chi connectivity index (χ4n) is 3.34. The molecule has 0 radical (unpaired) electrons. The highest BCUT2D eigenvalue weighted by Gasteiger charge is 2.27. The van der Waals surface area contributed by atoms with Crippen molar-refractivity contribution in [1.82, 2.24) is 5.32 Å². The summed E-state index contributed by atoms with van der Waals surface area (Å²) in [5.74, 6) is 1.80. The lowest BCUT2D eigenvalue weighted by Crippen LogP contribution is -2.41. The summed E-state index contributed by atoms with van der Waals surface area (Å²) < 4.78 is 33.1. The van der Waals surface area contributed by atoms with Crippen LogP contribution in [-0.4, -0.2) is 40.3 Å². The second-order valence-electron chi connectivity index (χ2n) is 7.91. The summed E-state index contributed by atoms with van der Waals surface area (Å²) in [6.45, 7) is 4.14. The Labute approximate surface area is 206 Å². The van der Waals surface area contributed by atoms with Crippen LogP contribution in [0.3, 0.4) is 0 Å². The maximum absolute atomic E-state index is 13.4. The van der Waals surface area contributed by atoms with Crippen LogP contribution in [0.4, 0.5) is 5.69 Å². The maximum atomic E-state index is 13.4. The van der Waals surface area contributed by atoms with Gasteiger partial charge in [0.25, 0.3) is 10.0 Å². The number of carbonyl (C=O) groups excluding carboxylic acids is 1. The van der Waals surface area contributed by atoms with Gasteiger partial charge in [-0.05, 0) is 55.8 Å². The molecule has 1 amide bonds. The van der Waals surface area contributed by atoms with Gasteiger partial charge in [-0.25, -0.2) is 8.42 Å². The Kier molecular flexibility index (Phi) is 9.01. The number of ether oxygens (including phenoxy) is 1. The number of carbonyl (C=O) groups is 1. The molecular weight excluding hydrogens is 468 g/mol. The fraction of sp³-hybridized carbons (Fsp3) is 0.269. The minimum absolute atomic E-state index is 0.0929. The Hall–Kier alpha value is -2.97. The molecule has 180 valence electrons. The monoisotopic (exact) mass is 498 g/mol. The molecule has 0 saturated heterocycles. The molecule has 0 saturated carbocycles. The zero-order chi connectivity index (χ0) is 24.6. The van der Waals surface area contributed by atoms with Crippen molar-refractivity contribution in [3.05, 3.63) is 89.5 Å². The van der Waals surface area contributed by atoms with E-state index < -0.39 is 10.0 Å². The standard InChI is InChI=1S/C26H30N2O4S2/c1-20-7-9-23(10-8-20)28(34(30,31)25-13-11-24(32-3)12-14-25)18-26(29)27-15-16-33-19-22-6-4-5-21(2)17-22/h4-14,17H,15-16,18-19H2,1-3H3,(H,27,29). The molecule has 0 aliphatic heterocycles. The van der Waals surface area contributed by atoms with Gasteiger partial charge in [0.05, 0.1) is 17.7 Å². The Morgan fingerprint density at radius 3 is 2.32 bits per heavy atom. The van der Waals surface area contributed by atoms with E-state index in [2.05, 4.69) is 30.4 Å². The molecule has 0 aromatic heterocycles. The first-order chi connectivity index (χ1) is 16.3. The smallest absolute Gasteiger partial charge is 0.264 e. The number of hydrogen-bond acceptors (Lipinski definition) is 5. The average Bonchev–Trinajstić information content (AvgIpc) is 2.83. The first-order valence-corrected chi connectivity index (χ1v) is 13.5. The second-order valence-corrected chi connectivity index (χ2v) is 10.9. The molecule has 0 unspecified atom stereocenters. The number of amides is 1. The molecule has 3 aromatic rings. The molecule has 0 fully saturated rings. The zero-order valence-electron chi connectivity index (χ0n) is 19.7. The van der Waals surface area contributed by atoms with Gasteiger partial charge in [-0.3, -0.25) is 9.10 Å². The molecule has 1 N–H and O–H groups in total. The van der Waals surface area contributed by atoms with Crippen molar-refractivity contribution in [3.8, 4) is 5.75 Å². The number of aryl methyl sites for hydroxylation is 2. The summed E-state index contributed by atoms with van der Waals surface area (Å²) in [6, 6.07) is 21.5. The lowest BCUT2D eigenvalue weighted by atomic mass is 10.2. The van der Waals surface area contributed by atoms with Crippen molar-refractivity contribution in [3.63, 3.8) is 0 Å². The Bertz CT molecular complexity index is 1190. The number of hydrogen-bond donors (Lipinski definition) is 1. The molecule has 0 aliphatic rings. The van der Waals surface area contributed by atoms with E-state index in [9.17, 15) is 13.2 Å². The minimum atomic E-state index is -3.95. The number of nitrogens with one attached hydrogen (secondary N) is 1. The van der Waals surface area contributed by atoms with E-state index in [0.717, 1.165) is 21.4 Å². The van der Waals surface area contributed by atoms with Gasteiger partial charge in [0.2, 0.25) is 5.91 Å². The summed E-state index contributed by atoms with van der Waals surface area (Å²) in [6.07, 6.45) is 0. The normalized spacial score (nSPS) is 11.1. The average molecular weight is 499 g/mol. The van der Waals surface area contributed by atoms with Gasteiger partial charge in [-0.2, -0.15) is 11.8 Å². The van der Waals surface area contributed by atoms with Crippen LogP contribution in [0.15, 0.2) is 77.7 Å². The summed E-state index contributed by atoms with van der Waals surface area (Å²) in [7, 11) is -2.43. The van der Waals surface area contributed by atoms with Crippen molar-refractivity contribution >= 4 is 33.4 Å². The molecule has 0 aliphatic carbocycles. The lowest BCUT2D eigenvalue weighted by molar-refractivity contribution is -0.119. The Balaban J connectivity index is 1.65. The van der Waals surface area contributed by atoms with Gasteiger partial charge in [-0.1, -0.05) is 47.5 Å². The Morgan fingerprint density at radius 2 is 1.68 bits per heavy atom. The van der Waals surface area contributed by atoms with Gasteiger partial charge >= 0.3 is 0 Å². The predicted octanol–water partition coefficient (Wildman–Crippen LogP) is 4.56. The van der Waals surface area contributed by atoms with Crippen LogP contribution >= 0.6 is 11.8 Å². The van der Waals surface area contributed by atoms with E-state index >= 15 is 0 Å². The van der Waals surface area contributed by atoms with Gasteiger partial charge in [0.1, 0.15) is 12.3 Å². The van der Waals surface area contributed by atoms with Gasteiger partial charge in [-0.15, -0.1) is 0 Å². The van der Waals surface area contributed by atoms with E-state index in [-0.39, 0.29) is 17.3 Å². The van der Waals surface area contributed by atoms with Crippen LogP contribution in [0.2, 0.25) is 0 Å². The van der Waals surface area contributed by atoms with E-state index in [4.69, 9.17) is 4.74 Å². The Morgan fingerprint density at radius 1 is 0.971 bits per heavy atom. The van der Waals surface area contributed by atoms with E-state index in [0.29, 0.717) is 18.0 Å². The predicted molar refractivity (Wildman–Crippen MR) is 139 cm³/mol. The lowest BCUT2D eigenvalue weighted by Gasteiger charge is -2.24. The van der Waals surface area contributed by atoms with Crippen LogP contribution in [0.25, 0.3) is 0 Å². The van der Waals surface area contributed by atoms with Crippen molar-refractivity contribution in [2.24, 2.45) is 0 Å². The molecule has 0 heterocycles. The number of sulfonamides is 1. The van der Waals surface area contributed by atoms with E-state index in [1.807, 2.05) is 25.1 Å². The number of thioether (sulfide) groups is 1. The summed E-state index contributed by atoms with van der Waals surface area (Å²) in [5, 5.41) is 2.85. The zero-order valence-corrected chi connectivity index (χ0v) is 21.3. The molecule has 34 heavy (non-hydrogen) atoms. The molecule has 6 nitrogen and oxygen atoms in total. The highest BCUT2D eigenvalue weighted by atomic mass is 32.2. The SMILES string of the molecule is COc1ccc(S(=O)(=O)N(CC(=O)NCCSCc2cccc(C)c2)c2ccc(C)cc2)cc1. The molecule has 0 spiro atoms. The largest absolute Gasteiger partial charge is 0.497 e. The summed E-state index contributed by atoms with van der Waals surface area (Å²) >= 11 is 1.72. The third-order valence-corrected chi connectivity index (χ3v) is 7.99. The second kappa shape index (κ2) is 11.9. The molecule has 0 atom stereocenters. The first-order valence-electron chi connectivity index (χ1n) is 10.9. The fourth-order valence-corrected chi connectivity index (χ4v) is 5.57. The molecule has 3 rings (SSSR count). The third kappa shape index (κ3) is 7.01. The minimum Gasteiger partial charge on any atom is -0.497 e. The number of nitrogens with zero attached hydrogens (tertiary/aromatic N) is 1. The topological polar surface area (TPSA) is 75.7 Å². The van der Waals surface area contributed by atoms with Crippen molar-refractivity contribution in [2.75, 3.05) is 30.3 Å². The molecule has 8 heteroatoms. The number of benzene rings is 3. The molecule has 3 aromatic carbocycles. The highest BCUT2D eigenvalue weighted by molar-refractivity contribution is 7.98. The van der Waals surface area contributed by atoms with Gasteiger partial charge in [0, 0.05) is 18.1 Å².